The number of hydrogen-bond donors (Lipinski definition) is 1. The highest BCUT2D eigenvalue weighted by atomic mass is 35.5. The fraction of sp³-hybridized carbons (Fsp3) is 0.278. The van der Waals surface area contributed by atoms with Crippen LogP contribution < -0.4 is 5.32 Å². The summed E-state index contributed by atoms with van der Waals surface area (Å²) in [6.45, 7) is 0.402. The first-order chi connectivity index (χ1) is 12.8. The number of anilines is 1. The van der Waals surface area contributed by atoms with Crippen molar-refractivity contribution in [3.8, 4) is 0 Å². The van der Waals surface area contributed by atoms with E-state index in [0.29, 0.717) is 18.5 Å². The fourth-order valence-corrected chi connectivity index (χ4v) is 5.16. The Morgan fingerprint density at radius 3 is 2.33 bits per heavy atom. The van der Waals surface area contributed by atoms with Crippen LogP contribution in [0.5, 0.6) is 0 Å². The van der Waals surface area contributed by atoms with Crippen molar-refractivity contribution < 1.29 is 17.6 Å². The highest BCUT2D eigenvalue weighted by Gasteiger charge is 2.33. The minimum atomic E-state index is -3.78. The molecule has 0 unspecified atom stereocenters. The van der Waals surface area contributed by atoms with Crippen LogP contribution in [0.2, 0.25) is 10.0 Å². The van der Waals surface area contributed by atoms with Gasteiger partial charge in [0.2, 0.25) is 15.9 Å². The van der Waals surface area contributed by atoms with Crippen molar-refractivity contribution in [1.82, 2.24) is 4.31 Å². The zero-order chi connectivity index (χ0) is 19.6. The molecular formula is C18H17Cl2FN2O3S. The van der Waals surface area contributed by atoms with Gasteiger partial charge in [0.05, 0.1) is 5.02 Å². The molecule has 0 aromatic heterocycles. The van der Waals surface area contributed by atoms with Gasteiger partial charge in [-0.3, -0.25) is 4.79 Å². The standard InChI is InChI=1S/C18H17Cl2FN2O3S/c19-13-1-6-16(20)17(11-13)27(25,26)23-9-7-12(8-10-23)18(24)22-15-4-2-14(21)3-5-15/h1-6,11-12H,7-10H2,(H,22,24). The van der Waals surface area contributed by atoms with Crippen LogP contribution in [0.4, 0.5) is 10.1 Å². The monoisotopic (exact) mass is 430 g/mol. The Bertz CT molecular complexity index is 944. The first kappa shape index (κ1) is 20.1. The molecule has 0 atom stereocenters. The van der Waals surface area contributed by atoms with Crippen molar-refractivity contribution >= 4 is 44.8 Å². The maximum absolute atomic E-state index is 12.9. The average Bonchev–Trinajstić information content (AvgIpc) is 2.65. The fourth-order valence-electron chi connectivity index (χ4n) is 2.95. The van der Waals surface area contributed by atoms with Crippen LogP contribution in [0, 0.1) is 11.7 Å². The summed E-state index contributed by atoms with van der Waals surface area (Å²) in [5.41, 5.74) is 0.502. The predicted molar refractivity (Wildman–Crippen MR) is 103 cm³/mol. The van der Waals surface area contributed by atoms with Crippen molar-refractivity contribution in [2.75, 3.05) is 18.4 Å². The number of carbonyl (C=O) groups is 1. The lowest BCUT2D eigenvalue weighted by Crippen LogP contribution is -2.41. The lowest BCUT2D eigenvalue weighted by molar-refractivity contribution is -0.120. The normalized spacial score (nSPS) is 16.3. The van der Waals surface area contributed by atoms with Gasteiger partial charge in [-0.2, -0.15) is 4.31 Å². The van der Waals surface area contributed by atoms with Crippen LogP contribution in [-0.2, 0) is 14.8 Å². The SMILES string of the molecule is O=C(Nc1ccc(F)cc1)C1CCN(S(=O)(=O)c2cc(Cl)ccc2Cl)CC1. The van der Waals surface area contributed by atoms with Crippen molar-refractivity contribution in [2.45, 2.75) is 17.7 Å². The first-order valence-electron chi connectivity index (χ1n) is 8.29. The van der Waals surface area contributed by atoms with E-state index in [1.165, 1.54) is 46.8 Å². The second-order valence-electron chi connectivity index (χ2n) is 6.25. The molecular weight excluding hydrogens is 414 g/mol. The van der Waals surface area contributed by atoms with Crippen molar-refractivity contribution in [2.24, 2.45) is 5.92 Å². The van der Waals surface area contributed by atoms with Crippen molar-refractivity contribution in [3.63, 3.8) is 0 Å². The Balaban J connectivity index is 1.65. The minimum absolute atomic E-state index is 0.0362. The maximum atomic E-state index is 12.9. The molecule has 1 N–H and O–H groups in total. The summed E-state index contributed by atoms with van der Waals surface area (Å²) in [4.78, 5) is 12.3. The zero-order valence-corrected chi connectivity index (χ0v) is 16.5. The molecule has 1 aliphatic rings. The maximum Gasteiger partial charge on any atom is 0.244 e. The smallest absolute Gasteiger partial charge is 0.244 e. The molecule has 0 spiro atoms. The lowest BCUT2D eigenvalue weighted by Gasteiger charge is -2.30. The van der Waals surface area contributed by atoms with Gasteiger partial charge in [-0.15, -0.1) is 0 Å². The lowest BCUT2D eigenvalue weighted by atomic mass is 9.97. The predicted octanol–water partition coefficient (Wildman–Crippen LogP) is 4.17. The number of rotatable bonds is 4. The average molecular weight is 431 g/mol. The second-order valence-corrected chi connectivity index (χ2v) is 9.00. The number of nitrogens with one attached hydrogen (secondary N) is 1. The molecule has 1 aliphatic heterocycles. The van der Waals surface area contributed by atoms with Crippen LogP contribution in [0.1, 0.15) is 12.8 Å². The van der Waals surface area contributed by atoms with Gasteiger partial charge < -0.3 is 5.32 Å². The summed E-state index contributed by atoms with van der Waals surface area (Å²) in [6, 6.07) is 9.78. The number of halogens is 3. The van der Waals surface area contributed by atoms with E-state index >= 15 is 0 Å². The molecule has 1 fully saturated rings. The van der Waals surface area contributed by atoms with E-state index < -0.39 is 10.0 Å². The number of hydrogen-bond acceptors (Lipinski definition) is 3. The van der Waals surface area contributed by atoms with Gasteiger partial charge >= 0.3 is 0 Å². The molecule has 9 heteroatoms. The minimum Gasteiger partial charge on any atom is -0.326 e. The molecule has 0 saturated carbocycles. The molecule has 0 radical (unpaired) electrons. The third-order valence-corrected chi connectivity index (χ3v) is 7.06. The molecule has 0 bridgehead atoms. The van der Waals surface area contributed by atoms with Gasteiger partial charge in [-0.05, 0) is 55.3 Å². The third-order valence-electron chi connectivity index (χ3n) is 4.45. The van der Waals surface area contributed by atoms with E-state index in [2.05, 4.69) is 5.32 Å². The summed E-state index contributed by atoms with van der Waals surface area (Å²) >= 11 is 11.9. The quantitative estimate of drug-likeness (QED) is 0.790. The van der Waals surface area contributed by atoms with E-state index in [-0.39, 0.29) is 45.7 Å². The molecule has 27 heavy (non-hydrogen) atoms. The molecule has 2 aromatic carbocycles. The molecule has 1 heterocycles. The zero-order valence-electron chi connectivity index (χ0n) is 14.2. The highest BCUT2D eigenvalue weighted by molar-refractivity contribution is 7.89. The van der Waals surface area contributed by atoms with Gasteiger partial charge in [-0.25, -0.2) is 12.8 Å². The number of piperidine rings is 1. The molecule has 2 aromatic rings. The van der Waals surface area contributed by atoms with Crippen molar-refractivity contribution in [3.05, 3.63) is 58.3 Å². The van der Waals surface area contributed by atoms with Crippen LogP contribution >= 0.6 is 23.2 Å². The summed E-state index contributed by atoms with van der Waals surface area (Å²) in [5.74, 6) is -0.915. The van der Waals surface area contributed by atoms with E-state index in [9.17, 15) is 17.6 Å². The first-order valence-corrected chi connectivity index (χ1v) is 10.5. The number of amides is 1. The topological polar surface area (TPSA) is 66.5 Å². The second kappa shape index (κ2) is 8.14. The Morgan fingerprint density at radius 2 is 1.70 bits per heavy atom. The van der Waals surface area contributed by atoms with Crippen LogP contribution in [-0.4, -0.2) is 31.7 Å². The van der Waals surface area contributed by atoms with Gasteiger partial charge in [0.25, 0.3) is 0 Å². The van der Waals surface area contributed by atoms with Gasteiger partial charge in [0, 0.05) is 29.7 Å². The number of nitrogens with zero attached hydrogens (tertiary/aromatic N) is 1. The Kier molecular flexibility index (Phi) is 6.05. The highest BCUT2D eigenvalue weighted by Crippen LogP contribution is 2.30. The van der Waals surface area contributed by atoms with Crippen LogP contribution in [0.25, 0.3) is 0 Å². The Morgan fingerprint density at radius 1 is 1.07 bits per heavy atom. The van der Waals surface area contributed by atoms with E-state index in [0.717, 1.165) is 0 Å². The third kappa shape index (κ3) is 4.60. The summed E-state index contributed by atoms with van der Waals surface area (Å²) in [6.07, 6.45) is 0.759. The van der Waals surface area contributed by atoms with E-state index in [4.69, 9.17) is 23.2 Å². The summed E-state index contributed by atoms with van der Waals surface area (Å²) in [5, 5.41) is 3.12. The van der Waals surface area contributed by atoms with Gasteiger partial charge in [0.15, 0.2) is 0 Å². The number of carbonyl (C=O) groups excluding carboxylic acids is 1. The van der Waals surface area contributed by atoms with E-state index in [1.807, 2.05) is 0 Å². The Hall–Kier alpha value is -1.67. The molecule has 1 saturated heterocycles. The largest absolute Gasteiger partial charge is 0.326 e. The molecule has 1 amide bonds. The molecule has 0 aliphatic carbocycles. The van der Waals surface area contributed by atoms with Crippen LogP contribution in [0.15, 0.2) is 47.4 Å². The number of benzene rings is 2. The van der Waals surface area contributed by atoms with E-state index in [1.54, 1.807) is 0 Å². The molecule has 3 rings (SSSR count). The summed E-state index contributed by atoms with van der Waals surface area (Å²) in [7, 11) is -3.78. The van der Waals surface area contributed by atoms with Crippen LogP contribution in [0.3, 0.4) is 0 Å². The Labute approximate surface area is 167 Å². The molecule has 5 nitrogen and oxygen atoms in total. The summed E-state index contributed by atoms with van der Waals surface area (Å²) < 4.78 is 39.9. The van der Waals surface area contributed by atoms with Gasteiger partial charge in [-0.1, -0.05) is 23.2 Å². The van der Waals surface area contributed by atoms with Crippen molar-refractivity contribution in [1.29, 1.82) is 0 Å². The number of sulfonamides is 1. The molecule has 144 valence electrons. The van der Waals surface area contributed by atoms with Gasteiger partial charge in [0.1, 0.15) is 10.7 Å².